The van der Waals surface area contributed by atoms with Crippen molar-refractivity contribution in [1.29, 1.82) is 0 Å². The van der Waals surface area contributed by atoms with Gasteiger partial charge in [-0.25, -0.2) is 4.98 Å². The third-order valence-corrected chi connectivity index (χ3v) is 3.75. The van der Waals surface area contributed by atoms with E-state index in [1.165, 1.54) is 0 Å². The highest BCUT2D eigenvalue weighted by atomic mass is 16.2. The molecule has 1 heterocycles. The van der Waals surface area contributed by atoms with E-state index in [9.17, 15) is 4.79 Å². The second-order valence-electron chi connectivity index (χ2n) is 4.96. The molecule has 1 aromatic heterocycles. The van der Waals surface area contributed by atoms with Gasteiger partial charge in [0.2, 0.25) is 5.91 Å². The van der Waals surface area contributed by atoms with Crippen LogP contribution >= 0.6 is 0 Å². The van der Waals surface area contributed by atoms with Crippen molar-refractivity contribution >= 4 is 5.91 Å². The lowest BCUT2D eigenvalue weighted by Gasteiger charge is -2.27. The Morgan fingerprint density at radius 1 is 1.76 bits per heavy atom. The van der Waals surface area contributed by atoms with Crippen LogP contribution < -0.4 is 11.1 Å². The van der Waals surface area contributed by atoms with Crippen molar-refractivity contribution < 1.29 is 4.79 Å². The van der Waals surface area contributed by atoms with E-state index in [4.69, 9.17) is 5.73 Å². The molecule has 17 heavy (non-hydrogen) atoms. The van der Waals surface area contributed by atoms with Crippen LogP contribution in [-0.2, 0) is 11.2 Å². The molecule has 1 fully saturated rings. The first-order valence-electron chi connectivity index (χ1n) is 6.15. The first kappa shape index (κ1) is 12.1. The predicted octanol–water partition coefficient (Wildman–Crippen LogP) is 0.586. The van der Waals surface area contributed by atoms with Gasteiger partial charge in [-0.2, -0.15) is 0 Å². The number of amides is 1. The summed E-state index contributed by atoms with van der Waals surface area (Å²) in [5, 5.41) is 2.95. The molecule has 1 amide bonds. The summed E-state index contributed by atoms with van der Waals surface area (Å²) in [6, 6.07) is -0.00823. The summed E-state index contributed by atoms with van der Waals surface area (Å²) in [5.74, 6) is 0.972. The SMILES string of the molecule is CC1(C(=O)NCCc2ncc[nH]2)CCCC1N. The van der Waals surface area contributed by atoms with Gasteiger partial charge in [0.05, 0.1) is 5.41 Å². The molecule has 2 unspecified atom stereocenters. The fraction of sp³-hybridized carbons (Fsp3) is 0.667. The molecule has 1 aromatic rings. The van der Waals surface area contributed by atoms with Crippen molar-refractivity contribution in [3.05, 3.63) is 18.2 Å². The number of aromatic amines is 1. The molecule has 0 aromatic carbocycles. The number of nitrogens with zero attached hydrogens (tertiary/aromatic N) is 1. The highest BCUT2D eigenvalue weighted by Gasteiger charge is 2.42. The molecule has 94 valence electrons. The molecule has 5 heteroatoms. The van der Waals surface area contributed by atoms with Crippen LogP contribution in [0.25, 0.3) is 0 Å². The van der Waals surface area contributed by atoms with Crippen LogP contribution in [0, 0.1) is 5.41 Å². The van der Waals surface area contributed by atoms with Gasteiger partial charge in [0.15, 0.2) is 0 Å². The lowest BCUT2D eigenvalue weighted by Crippen LogP contribution is -2.47. The average molecular weight is 236 g/mol. The molecule has 0 spiro atoms. The van der Waals surface area contributed by atoms with Crippen molar-refractivity contribution in [2.45, 2.75) is 38.6 Å². The molecule has 1 aliphatic rings. The molecule has 0 saturated heterocycles. The Labute approximate surface area is 101 Å². The second-order valence-corrected chi connectivity index (χ2v) is 4.96. The van der Waals surface area contributed by atoms with E-state index < -0.39 is 0 Å². The summed E-state index contributed by atoms with van der Waals surface area (Å²) >= 11 is 0. The molecule has 0 bridgehead atoms. The molecule has 0 aliphatic heterocycles. The van der Waals surface area contributed by atoms with Gasteiger partial charge in [-0.05, 0) is 19.8 Å². The van der Waals surface area contributed by atoms with Crippen LogP contribution in [0.15, 0.2) is 12.4 Å². The van der Waals surface area contributed by atoms with Crippen molar-refractivity contribution in [1.82, 2.24) is 15.3 Å². The predicted molar refractivity (Wildman–Crippen MR) is 65.2 cm³/mol. The van der Waals surface area contributed by atoms with Gasteiger partial charge >= 0.3 is 0 Å². The number of nitrogens with two attached hydrogens (primary N) is 1. The number of carbonyl (C=O) groups is 1. The number of nitrogens with one attached hydrogen (secondary N) is 2. The number of rotatable bonds is 4. The summed E-state index contributed by atoms with van der Waals surface area (Å²) < 4.78 is 0. The topological polar surface area (TPSA) is 83.8 Å². The molecule has 2 rings (SSSR count). The Morgan fingerprint density at radius 2 is 2.59 bits per heavy atom. The maximum Gasteiger partial charge on any atom is 0.227 e. The zero-order chi connectivity index (χ0) is 12.3. The Kier molecular flexibility index (Phi) is 3.47. The van der Waals surface area contributed by atoms with Crippen LogP contribution in [0.5, 0.6) is 0 Å². The van der Waals surface area contributed by atoms with E-state index in [0.29, 0.717) is 6.54 Å². The normalized spacial score (nSPS) is 28.2. The third kappa shape index (κ3) is 2.49. The second kappa shape index (κ2) is 4.87. The van der Waals surface area contributed by atoms with E-state index in [2.05, 4.69) is 15.3 Å². The highest BCUT2D eigenvalue weighted by Crippen LogP contribution is 2.36. The van der Waals surface area contributed by atoms with E-state index >= 15 is 0 Å². The summed E-state index contributed by atoms with van der Waals surface area (Å²) in [4.78, 5) is 19.2. The molecule has 0 radical (unpaired) electrons. The number of carbonyl (C=O) groups excluding carboxylic acids is 1. The van der Waals surface area contributed by atoms with E-state index in [-0.39, 0.29) is 17.4 Å². The maximum absolute atomic E-state index is 12.1. The zero-order valence-electron chi connectivity index (χ0n) is 10.2. The fourth-order valence-electron chi connectivity index (χ4n) is 2.41. The Hall–Kier alpha value is -1.36. The van der Waals surface area contributed by atoms with Crippen molar-refractivity contribution in [2.24, 2.45) is 11.1 Å². The van der Waals surface area contributed by atoms with Crippen molar-refractivity contribution in [2.75, 3.05) is 6.54 Å². The molecular formula is C12H20N4O. The first-order valence-corrected chi connectivity index (χ1v) is 6.15. The van der Waals surface area contributed by atoms with E-state index in [0.717, 1.165) is 31.5 Å². The minimum atomic E-state index is -0.386. The molecule has 1 saturated carbocycles. The summed E-state index contributed by atoms with van der Waals surface area (Å²) in [6.45, 7) is 2.57. The molecule has 4 N–H and O–H groups in total. The van der Waals surface area contributed by atoms with Gasteiger partial charge in [0.25, 0.3) is 0 Å². The largest absolute Gasteiger partial charge is 0.355 e. The van der Waals surface area contributed by atoms with Gasteiger partial charge in [-0.15, -0.1) is 0 Å². The number of aromatic nitrogens is 2. The average Bonchev–Trinajstić information content (AvgIpc) is 2.91. The summed E-state index contributed by atoms with van der Waals surface area (Å²) in [7, 11) is 0. The Morgan fingerprint density at radius 3 is 3.18 bits per heavy atom. The van der Waals surface area contributed by atoms with Crippen LogP contribution in [0.4, 0.5) is 0 Å². The number of imidazole rings is 1. The van der Waals surface area contributed by atoms with E-state index in [1.54, 1.807) is 12.4 Å². The minimum Gasteiger partial charge on any atom is -0.355 e. The van der Waals surface area contributed by atoms with Crippen LogP contribution in [0.2, 0.25) is 0 Å². The van der Waals surface area contributed by atoms with Gasteiger partial charge in [0.1, 0.15) is 5.82 Å². The molecule has 5 nitrogen and oxygen atoms in total. The molecule has 2 atom stereocenters. The van der Waals surface area contributed by atoms with Crippen molar-refractivity contribution in [3.63, 3.8) is 0 Å². The maximum atomic E-state index is 12.1. The monoisotopic (exact) mass is 236 g/mol. The number of hydrogen-bond acceptors (Lipinski definition) is 3. The smallest absolute Gasteiger partial charge is 0.227 e. The summed E-state index contributed by atoms with van der Waals surface area (Å²) in [5.41, 5.74) is 5.62. The number of hydrogen-bond donors (Lipinski definition) is 3. The first-order chi connectivity index (χ1) is 8.13. The van der Waals surface area contributed by atoms with Crippen molar-refractivity contribution in [3.8, 4) is 0 Å². The fourth-order valence-corrected chi connectivity index (χ4v) is 2.41. The van der Waals surface area contributed by atoms with Gasteiger partial charge in [-0.3, -0.25) is 4.79 Å². The lowest BCUT2D eigenvalue weighted by atomic mass is 9.84. The summed E-state index contributed by atoms with van der Waals surface area (Å²) in [6.07, 6.45) is 7.10. The van der Waals surface area contributed by atoms with Crippen LogP contribution in [0.3, 0.4) is 0 Å². The standard InChI is InChI=1S/C12H20N4O/c1-12(5-2-3-9(12)13)11(17)16-6-4-10-14-7-8-15-10/h7-9H,2-6,13H2,1H3,(H,14,15)(H,16,17). The van der Waals surface area contributed by atoms with Crippen LogP contribution in [-0.4, -0.2) is 28.5 Å². The van der Waals surface area contributed by atoms with Gasteiger partial charge < -0.3 is 16.0 Å². The third-order valence-electron chi connectivity index (χ3n) is 3.75. The quantitative estimate of drug-likeness (QED) is 0.715. The molecular weight excluding hydrogens is 216 g/mol. The van der Waals surface area contributed by atoms with Gasteiger partial charge in [0, 0.05) is 31.4 Å². The van der Waals surface area contributed by atoms with Gasteiger partial charge in [-0.1, -0.05) is 6.42 Å². The highest BCUT2D eigenvalue weighted by molar-refractivity contribution is 5.83. The van der Waals surface area contributed by atoms with E-state index in [1.807, 2.05) is 6.92 Å². The molecule has 1 aliphatic carbocycles. The Balaban J connectivity index is 1.81. The minimum absolute atomic E-state index is 0.00823. The lowest BCUT2D eigenvalue weighted by molar-refractivity contribution is -0.130. The zero-order valence-corrected chi connectivity index (χ0v) is 10.2. The van der Waals surface area contributed by atoms with Crippen LogP contribution in [0.1, 0.15) is 32.0 Å². The number of H-pyrrole nitrogens is 1. The Bertz CT molecular complexity index is 376.